The van der Waals surface area contributed by atoms with Crippen LogP contribution in [-0.4, -0.2) is 18.5 Å². The minimum atomic E-state index is -0.595. The van der Waals surface area contributed by atoms with E-state index < -0.39 is 11.9 Å². The topological polar surface area (TPSA) is 52.6 Å². The van der Waals surface area contributed by atoms with Crippen molar-refractivity contribution in [2.75, 3.05) is 6.61 Å². The Morgan fingerprint density at radius 1 is 0.767 bits per heavy atom. The molecule has 0 bridgehead atoms. The number of hydrogen-bond acceptors (Lipinski definition) is 4. The number of benzene rings is 1. The molecule has 0 aromatic heterocycles. The number of unbranched alkanes of at least 4 members (excludes halogenated alkanes) is 10. The fourth-order valence-electron chi connectivity index (χ4n) is 3.01. The molecule has 0 radical (unpaired) electrons. The van der Waals surface area contributed by atoms with Gasteiger partial charge in [0.15, 0.2) is 5.75 Å². The molecule has 7 heteroatoms. The van der Waals surface area contributed by atoms with E-state index in [1.165, 1.54) is 69.9 Å². The maximum atomic E-state index is 11.9. The van der Waals surface area contributed by atoms with Crippen LogP contribution < -0.4 is 4.74 Å². The van der Waals surface area contributed by atoms with Crippen LogP contribution in [0, 0.1) is 0 Å². The van der Waals surface area contributed by atoms with Crippen LogP contribution in [0.3, 0.4) is 0 Å². The Morgan fingerprint density at radius 2 is 1.30 bits per heavy atom. The van der Waals surface area contributed by atoms with Crippen LogP contribution in [0.25, 0.3) is 0 Å². The lowest BCUT2D eigenvalue weighted by Crippen LogP contribution is -2.13. The van der Waals surface area contributed by atoms with E-state index in [1.54, 1.807) is 0 Å². The molecule has 0 aliphatic rings. The van der Waals surface area contributed by atoms with Gasteiger partial charge in [-0.25, -0.2) is 0 Å². The summed E-state index contributed by atoms with van der Waals surface area (Å²) in [5.74, 6) is -0.926. The summed E-state index contributed by atoms with van der Waals surface area (Å²) in [5.41, 5.74) is 0. The maximum absolute atomic E-state index is 11.9. The van der Waals surface area contributed by atoms with Crippen molar-refractivity contribution in [1.29, 1.82) is 0 Å². The van der Waals surface area contributed by atoms with Crippen molar-refractivity contribution in [2.45, 2.75) is 90.4 Å². The van der Waals surface area contributed by atoms with Crippen molar-refractivity contribution in [3.05, 3.63) is 27.2 Å². The molecule has 0 N–H and O–H groups in total. The number of carbonyl (C=O) groups excluding carboxylic acids is 2. The summed E-state index contributed by atoms with van der Waals surface area (Å²) < 4.78 is 10.3. The van der Waals surface area contributed by atoms with Gasteiger partial charge in [-0.1, -0.05) is 106 Å². The van der Waals surface area contributed by atoms with E-state index in [4.69, 9.17) is 44.3 Å². The van der Waals surface area contributed by atoms with Gasteiger partial charge in [0.1, 0.15) is 5.02 Å². The van der Waals surface area contributed by atoms with Gasteiger partial charge in [-0.3, -0.25) is 9.59 Å². The summed E-state index contributed by atoms with van der Waals surface area (Å²) in [6.45, 7) is 2.63. The Bertz CT molecular complexity index is 650. The van der Waals surface area contributed by atoms with Crippen molar-refractivity contribution in [1.82, 2.24) is 0 Å². The van der Waals surface area contributed by atoms with Crippen LogP contribution in [0.2, 0.25) is 15.1 Å². The molecule has 0 fully saturated rings. The number of esters is 2. The minimum absolute atomic E-state index is 0.0389. The predicted octanol–water partition coefficient (Wildman–Crippen LogP) is 8.19. The molecule has 0 spiro atoms. The first-order valence-corrected chi connectivity index (χ1v) is 12.1. The second-order valence-electron chi connectivity index (χ2n) is 7.43. The smallest absolute Gasteiger partial charge is 0.311 e. The first kappa shape index (κ1) is 27.1. The summed E-state index contributed by atoms with van der Waals surface area (Å²) in [6.07, 6.45) is 13.5. The van der Waals surface area contributed by atoms with E-state index in [2.05, 4.69) is 6.92 Å². The van der Waals surface area contributed by atoms with Crippen LogP contribution >= 0.6 is 34.8 Å². The lowest BCUT2D eigenvalue weighted by molar-refractivity contribution is -0.147. The average Bonchev–Trinajstić information content (AvgIpc) is 2.71. The molecule has 30 heavy (non-hydrogen) atoms. The quantitative estimate of drug-likeness (QED) is 0.104. The first-order chi connectivity index (χ1) is 14.4. The largest absolute Gasteiger partial charge is 0.466 e. The number of halogens is 3. The predicted molar refractivity (Wildman–Crippen MR) is 124 cm³/mol. The zero-order chi connectivity index (χ0) is 22.2. The molecule has 1 aromatic rings. The van der Waals surface area contributed by atoms with Gasteiger partial charge in [-0.05, 0) is 12.5 Å². The van der Waals surface area contributed by atoms with E-state index in [9.17, 15) is 9.59 Å². The van der Waals surface area contributed by atoms with Crippen LogP contribution in [-0.2, 0) is 14.3 Å². The Balaban J connectivity index is 2.03. The first-order valence-electron chi connectivity index (χ1n) is 10.9. The molecule has 170 valence electrons. The number of hydrogen-bond donors (Lipinski definition) is 0. The van der Waals surface area contributed by atoms with Crippen molar-refractivity contribution in [3.63, 3.8) is 0 Å². The molecule has 0 amide bonds. The second-order valence-corrected chi connectivity index (χ2v) is 8.65. The normalized spacial score (nSPS) is 10.8. The maximum Gasteiger partial charge on any atom is 0.311 e. The molecule has 0 atom stereocenters. The van der Waals surface area contributed by atoms with Crippen molar-refractivity contribution >= 4 is 46.7 Å². The van der Waals surface area contributed by atoms with Gasteiger partial charge in [0.2, 0.25) is 0 Å². The highest BCUT2D eigenvalue weighted by atomic mass is 35.5. The van der Waals surface area contributed by atoms with Crippen LogP contribution in [0.4, 0.5) is 0 Å². The van der Waals surface area contributed by atoms with E-state index in [1.807, 2.05) is 0 Å². The molecule has 1 rings (SSSR count). The third-order valence-electron chi connectivity index (χ3n) is 4.73. The molecule has 0 unspecified atom stereocenters. The molecular formula is C23H33Cl3O4. The fraction of sp³-hybridized carbons (Fsp3) is 0.652. The van der Waals surface area contributed by atoms with E-state index in [-0.39, 0.29) is 28.6 Å². The monoisotopic (exact) mass is 478 g/mol. The van der Waals surface area contributed by atoms with Crippen LogP contribution in [0.5, 0.6) is 5.75 Å². The summed E-state index contributed by atoms with van der Waals surface area (Å²) >= 11 is 17.7. The average molecular weight is 480 g/mol. The van der Waals surface area contributed by atoms with Crippen molar-refractivity contribution < 1.29 is 19.1 Å². The van der Waals surface area contributed by atoms with Gasteiger partial charge >= 0.3 is 11.9 Å². The van der Waals surface area contributed by atoms with E-state index in [0.29, 0.717) is 11.6 Å². The highest BCUT2D eigenvalue weighted by Crippen LogP contribution is 2.35. The highest BCUT2D eigenvalue weighted by Gasteiger charge is 2.14. The summed E-state index contributed by atoms with van der Waals surface area (Å²) in [4.78, 5) is 23.7. The molecule has 0 aliphatic carbocycles. The van der Waals surface area contributed by atoms with Crippen LogP contribution in [0.15, 0.2) is 12.1 Å². The molecule has 1 aromatic carbocycles. The van der Waals surface area contributed by atoms with Gasteiger partial charge in [-0.15, -0.1) is 0 Å². The van der Waals surface area contributed by atoms with Gasteiger partial charge in [-0.2, -0.15) is 0 Å². The lowest BCUT2D eigenvalue weighted by atomic mass is 10.1. The lowest BCUT2D eigenvalue weighted by Gasteiger charge is -2.08. The molecule has 4 nitrogen and oxygen atoms in total. The van der Waals surface area contributed by atoms with E-state index in [0.717, 1.165) is 12.8 Å². The van der Waals surface area contributed by atoms with Crippen LogP contribution in [0.1, 0.15) is 90.4 Å². The molecule has 0 saturated carbocycles. The minimum Gasteiger partial charge on any atom is -0.466 e. The second kappa shape index (κ2) is 16.7. The van der Waals surface area contributed by atoms with Crippen molar-refractivity contribution in [2.24, 2.45) is 0 Å². The number of rotatable bonds is 16. The Hall–Kier alpha value is -0.970. The summed E-state index contributed by atoms with van der Waals surface area (Å²) in [5, 5.41) is 0.602. The molecule has 0 aliphatic heterocycles. The van der Waals surface area contributed by atoms with Gasteiger partial charge < -0.3 is 9.47 Å². The molecular weight excluding hydrogens is 447 g/mol. The SMILES string of the molecule is CCCCCCCCCCCCCOC(=O)CCC(=O)Oc1cc(Cl)cc(Cl)c1Cl. The van der Waals surface area contributed by atoms with Gasteiger partial charge in [0, 0.05) is 11.1 Å². The zero-order valence-electron chi connectivity index (χ0n) is 17.8. The van der Waals surface area contributed by atoms with Crippen molar-refractivity contribution in [3.8, 4) is 5.75 Å². The highest BCUT2D eigenvalue weighted by molar-refractivity contribution is 6.44. The van der Waals surface area contributed by atoms with Gasteiger partial charge in [0.25, 0.3) is 0 Å². The fourth-order valence-corrected chi connectivity index (χ4v) is 3.63. The standard InChI is InChI=1S/C23H33Cl3O4/c1-2-3-4-5-6-7-8-9-10-11-12-15-29-21(27)13-14-22(28)30-20-17-18(24)16-19(25)23(20)26/h16-17H,2-15H2,1H3. The summed E-state index contributed by atoms with van der Waals surface area (Å²) in [6, 6.07) is 2.85. The number of carbonyl (C=O) groups is 2. The Kier molecular flexibility index (Phi) is 15.1. The number of ether oxygens (including phenoxy) is 2. The third kappa shape index (κ3) is 12.7. The Morgan fingerprint density at radius 3 is 1.90 bits per heavy atom. The van der Waals surface area contributed by atoms with Gasteiger partial charge in [0.05, 0.1) is 24.5 Å². The zero-order valence-corrected chi connectivity index (χ0v) is 20.1. The van der Waals surface area contributed by atoms with E-state index >= 15 is 0 Å². The molecule has 0 saturated heterocycles. The summed E-state index contributed by atoms with van der Waals surface area (Å²) in [7, 11) is 0. The Labute approximate surface area is 195 Å². The third-order valence-corrected chi connectivity index (χ3v) is 5.73. The molecule has 0 heterocycles.